The summed E-state index contributed by atoms with van der Waals surface area (Å²) >= 11 is 0. The van der Waals surface area contributed by atoms with Crippen LogP contribution in [0.4, 0.5) is 11.4 Å². The van der Waals surface area contributed by atoms with Gasteiger partial charge >= 0.3 is 0 Å². The van der Waals surface area contributed by atoms with E-state index >= 15 is 0 Å². The van der Waals surface area contributed by atoms with Gasteiger partial charge in [0, 0.05) is 18.9 Å². The van der Waals surface area contributed by atoms with Crippen molar-refractivity contribution in [3.63, 3.8) is 0 Å². The van der Waals surface area contributed by atoms with Gasteiger partial charge in [-0.05, 0) is 25.0 Å². The van der Waals surface area contributed by atoms with E-state index in [9.17, 15) is 9.59 Å². The fourth-order valence-electron chi connectivity index (χ4n) is 2.04. The molecule has 1 aliphatic heterocycles. The van der Waals surface area contributed by atoms with Crippen molar-refractivity contribution in [3.05, 3.63) is 18.2 Å². The summed E-state index contributed by atoms with van der Waals surface area (Å²) in [5.41, 5.74) is 6.72. The molecule has 2 N–H and O–H groups in total. The zero-order valence-corrected chi connectivity index (χ0v) is 10.3. The van der Waals surface area contributed by atoms with Gasteiger partial charge in [0.15, 0.2) is 0 Å². The predicted molar refractivity (Wildman–Crippen MR) is 68.4 cm³/mol. The molecule has 0 radical (unpaired) electrons. The fourth-order valence-corrected chi connectivity index (χ4v) is 2.04. The van der Waals surface area contributed by atoms with Gasteiger partial charge in [0.25, 0.3) is 0 Å². The van der Waals surface area contributed by atoms with E-state index in [0.29, 0.717) is 30.0 Å². The molecule has 1 fully saturated rings. The summed E-state index contributed by atoms with van der Waals surface area (Å²) in [5, 5.41) is 0. The van der Waals surface area contributed by atoms with Crippen LogP contribution in [0.5, 0.6) is 5.75 Å². The molecule has 2 rings (SSSR count). The first-order chi connectivity index (χ1) is 8.63. The molecule has 1 aromatic carbocycles. The fraction of sp³-hybridized carbons (Fsp3) is 0.385. The number of amides is 2. The maximum Gasteiger partial charge on any atom is 0.233 e. The maximum absolute atomic E-state index is 11.9. The van der Waals surface area contributed by atoms with Gasteiger partial charge in [-0.2, -0.15) is 0 Å². The summed E-state index contributed by atoms with van der Waals surface area (Å²) in [7, 11) is 1.50. The molecule has 5 nitrogen and oxygen atoms in total. The van der Waals surface area contributed by atoms with Crippen LogP contribution in [0.25, 0.3) is 0 Å². The minimum absolute atomic E-state index is 0.163. The molecule has 1 heterocycles. The summed E-state index contributed by atoms with van der Waals surface area (Å²) in [6.07, 6.45) is 2.32. The third-order valence-electron chi connectivity index (χ3n) is 3.01. The highest BCUT2D eigenvalue weighted by molar-refractivity contribution is 6.15. The number of benzene rings is 1. The Morgan fingerprint density at radius 2 is 1.78 bits per heavy atom. The molecule has 0 aromatic heterocycles. The summed E-state index contributed by atoms with van der Waals surface area (Å²) in [6, 6.07) is 4.93. The number of carbonyl (C=O) groups excluding carboxylic acids is 2. The second-order valence-corrected chi connectivity index (χ2v) is 4.26. The van der Waals surface area contributed by atoms with Crippen LogP contribution in [0.2, 0.25) is 0 Å². The number of nitrogens with zero attached hydrogens (tertiary/aromatic N) is 1. The molecule has 96 valence electrons. The lowest BCUT2D eigenvalue weighted by Crippen LogP contribution is -2.35. The van der Waals surface area contributed by atoms with Crippen LogP contribution in [0, 0.1) is 0 Å². The van der Waals surface area contributed by atoms with Crippen molar-refractivity contribution in [2.45, 2.75) is 25.7 Å². The van der Waals surface area contributed by atoms with Crippen LogP contribution in [0.1, 0.15) is 25.7 Å². The third kappa shape index (κ3) is 2.30. The molecular formula is C13H16N2O3. The van der Waals surface area contributed by atoms with Crippen molar-refractivity contribution in [2.24, 2.45) is 0 Å². The van der Waals surface area contributed by atoms with E-state index in [-0.39, 0.29) is 11.8 Å². The molecule has 0 spiro atoms. The van der Waals surface area contributed by atoms with Gasteiger partial charge in [-0.15, -0.1) is 0 Å². The number of imide groups is 1. The zero-order valence-electron chi connectivity index (χ0n) is 10.3. The Balaban J connectivity index is 2.39. The Morgan fingerprint density at radius 3 is 2.33 bits per heavy atom. The van der Waals surface area contributed by atoms with Crippen molar-refractivity contribution >= 4 is 23.2 Å². The van der Waals surface area contributed by atoms with Crippen LogP contribution in [-0.4, -0.2) is 18.9 Å². The average Bonchev–Trinajstić information content (AvgIpc) is 2.52. The number of methoxy groups -OCH3 is 1. The topological polar surface area (TPSA) is 72.6 Å². The molecule has 0 unspecified atom stereocenters. The van der Waals surface area contributed by atoms with Crippen LogP contribution in [0.3, 0.4) is 0 Å². The lowest BCUT2D eigenvalue weighted by Gasteiger charge is -2.19. The lowest BCUT2D eigenvalue weighted by molar-refractivity contribution is -0.125. The van der Waals surface area contributed by atoms with Crippen LogP contribution in [0.15, 0.2) is 18.2 Å². The van der Waals surface area contributed by atoms with Gasteiger partial charge in [-0.3, -0.25) is 14.5 Å². The standard InChI is InChI=1S/C13H16N2O3/c1-18-11-8-9(6-7-10(11)14)15-12(16)4-2-3-5-13(15)17/h6-8H,2-5,14H2,1H3. The summed E-state index contributed by atoms with van der Waals surface area (Å²) in [6.45, 7) is 0. The first kappa shape index (κ1) is 12.4. The number of hydrogen-bond donors (Lipinski definition) is 1. The molecule has 18 heavy (non-hydrogen) atoms. The Hall–Kier alpha value is -2.04. The second kappa shape index (κ2) is 5.08. The van der Waals surface area contributed by atoms with Crippen LogP contribution in [-0.2, 0) is 9.59 Å². The molecule has 1 aliphatic rings. The third-order valence-corrected chi connectivity index (χ3v) is 3.01. The monoisotopic (exact) mass is 248 g/mol. The predicted octanol–water partition coefficient (Wildman–Crippen LogP) is 1.71. The van der Waals surface area contributed by atoms with Crippen molar-refractivity contribution in [2.75, 3.05) is 17.7 Å². The zero-order chi connectivity index (χ0) is 13.1. The van der Waals surface area contributed by atoms with Crippen molar-refractivity contribution in [1.29, 1.82) is 0 Å². The SMILES string of the molecule is COc1cc(N2C(=O)CCCCC2=O)ccc1N. The molecule has 0 bridgehead atoms. The normalized spacial score (nSPS) is 16.6. The first-order valence-corrected chi connectivity index (χ1v) is 5.93. The number of hydrogen-bond acceptors (Lipinski definition) is 4. The lowest BCUT2D eigenvalue weighted by atomic mass is 10.2. The van der Waals surface area contributed by atoms with E-state index in [2.05, 4.69) is 0 Å². The number of ether oxygens (including phenoxy) is 1. The summed E-state index contributed by atoms with van der Waals surface area (Å²) in [5.74, 6) is 0.144. The molecule has 2 amide bonds. The quantitative estimate of drug-likeness (QED) is 0.638. The number of carbonyl (C=O) groups is 2. The van der Waals surface area contributed by atoms with Crippen LogP contribution < -0.4 is 15.4 Å². The molecule has 0 aliphatic carbocycles. The highest BCUT2D eigenvalue weighted by Gasteiger charge is 2.26. The number of nitrogen functional groups attached to an aromatic ring is 1. The minimum atomic E-state index is -0.163. The van der Waals surface area contributed by atoms with Gasteiger partial charge in [-0.1, -0.05) is 0 Å². The van der Waals surface area contributed by atoms with Crippen molar-refractivity contribution in [1.82, 2.24) is 0 Å². The number of rotatable bonds is 2. The Morgan fingerprint density at radius 1 is 1.17 bits per heavy atom. The number of anilines is 2. The van der Waals surface area contributed by atoms with E-state index < -0.39 is 0 Å². The maximum atomic E-state index is 11.9. The van der Waals surface area contributed by atoms with E-state index in [1.165, 1.54) is 12.0 Å². The smallest absolute Gasteiger partial charge is 0.233 e. The molecular weight excluding hydrogens is 232 g/mol. The van der Waals surface area contributed by atoms with Gasteiger partial charge < -0.3 is 10.5 Å². The van der Waals surface area contributed by atoms with Gasteiger partial charge in [-0.25, -0.2) is 0 Å². The molecule has 1 aromatic rings. The van der Waals surface area contributed by atoms with Crippen molar-refractivity contribution in [3.8, 4) is 5.75 Å². The van der Waals surface area contributed by atoms with E-state index in [0.717, 1.165) is 12.8 Å². The Bertz CT molecular complexity index is 467. The van der Waals surface area contributed by atoms with E-state index in [1.807, 2.05) is 0 Å². The van der Waals surface area contributed by atoms with E-state index in [4.69, 9.17) is 10.5 Å². The second-order valence-electron chi connectivity index (χ2n) is 4.26. The Labute approximate surface area is 106 Å². The largest absolute Gasteiger partial charge is 0.495 e. The molecule has 1 saturated heterocycles. The number of nitrogens with two attached hydrogens (primary N) is 1. The molecule has 0 saturated carbocycles. The molecule has 0 atom stereocenters. The summed E-state index contributed by atoms with van der Waals surface area (Å²) < 4.78 is 5.10. The average molecular weight is 248 g/mol. The highest BCUT2D eigenvalue weighted by Crippen LogP contribution is 2.29. The van der Waals surface area contributed by atoms with Gasteiger partial charge in [0.05, 0.1) is 18.5 Å². The summed E-state index contributed by atoms with van der Waals surface area (Å²) in [4.78, 5) is 25.1. The van der Waals surface area contributed by atoms with E-state index in [1.54, 1.807) is 18.2 Å². The van der Waals surface area contributed by atoms with Crippen molar-refractivity contribution < 1.29 is 14.3 Å². The van der Waals surface area contributed by atoms with Gasteiger partial charge in [0.2, 0.25) is 11.8 Å². The van der Waals surface area contributed by atoms with Gasteiger partial charge in [0.1, 0.15) is 5.75 Å². The first-order valence-electron chi connectivity index (χ1n) is 5.93. The Kier molecular flexibility index (Phi) is 3.50. The van der Waals surface area contributed by atoms with Crippen LogP contribution >= 0.6 is 0 Å². The molecule has 5 heteroatoms. The highest BCUT2D eigenvalue weighted by atomic mass is 16.5. The minimum Gasteiger partial charge on any atom is -0.495 e.